The Morgan fingerprint density at radius 2 is 1.77 bits per heavy atom. The number of Topliss-reactive ketones (excluding diaryl/α,β-unsaturated/α-hetero) is 1. The van der Waals surface area contributed by atoms with Gasteiger partial charge in [-0.15, -0.1) is 5.10 Å². The molecule has 2 aromatic rings. The van der Waals surface area contributed by atoms with Crippen LogP contribution in [0.2, 0.25) is 0 Å². The molecule has 3 rings (SSSR count). The first kappa shape index (κ1) is 21.2. The Morgan fingerprint density at radius 3 is 2.43 bits per heavy atom. The van der Waals surface area contributed by atoms with Crippen LogP contribution in [-0.2, 0) is 32.1 Å². The smallest absolute Gasteiger partial charge is 0.312 e. The molecule has 1 heterocycles. The molecular weight excluding hydrogens is 384 g/mol. The van der Waals surface area contributed by atoms with Crippen LogP contribution in [0.5, 0.6) is 5.75 Å². The summed E-state index contributed by atoms with van der Waals surface area (Å²) in [6.45, 7) is 3.27. The van der Waals surface area contributed by atoms with Crippen molar-refractivity contribution in [2.45, 2.75) is 33.2 Å². The van der Waals surface area contributed by atoms with Crippen molar-refractivity contribution in [2.75, 3.05) is 7.11 Å². The summed E-state index contributed by atoms with van der Waals surface area (Å²) in [5.41, 5.74) is -0.140. The predicted molar refractivity (Wildman–Crippen MR) is 111 cm³/mol. The highest BCUT2D eigenvalue weighted by molar-refractivity contribution is 6.26. The Kier molecular flexibility index (Phi) is 6.30. The van der Waals surface area contributed by atoms with Crippen molar-refractivity contribution in [3.05, 3.63) is 65.7 Å². The molecule has 0 saturated heterocycles. The van der Waals surface area contributed by atoms with Gasteiger partial charge in [-0.1, -0.05) is 49.4 Å². The third-order valence-corrected chi connectivity index (χ3v) is 5.03. The Labute approximate surface area is 175 Å². The van der Waals surface area contributed by atoms with Gasteiger partial charge >= 0.3 is 5.97 Å². The van der Waals surface area contributed by atoms with E-state index in [1.165, 1.54) is 11.9 Å². The first-order chi connectivity index (χ1) is 14.4. The van der Waals surface area contributed by atoms with E-state index < -0.39 is 23.1 Å². The summed E-state index contributed by atoms with van der Waals surface area (Å²) in [6.07, 6.45) is 0.0767. The fourth-order valence-electron chi connectivity index (χ4n) is 3.15. The molecule has 156 valence electrons. The van der Waals surface area contributed by atoms with E-state index in [0.717, 1.165) is 5.56 Å². The van der Waals surface area contributed by atoms with Crippen molar-refractivity contribution in [3.63, 3.8) is 0 Å². The largest absolute Gasteiger partial charge is 0.497 e. The fraction of sp³-hybridized carbons (Fsp3) is 0.304. The van der Waals surface area contributed by atoms with E-state index >= 15 is 0 Å². The number of hydrazone groups is 1. The van der Waals surface area contributed by atoms with Gasteiger partial charge in [-0.3, -0.25) is 14.4 Å². The lowest BCUT2D eigenvalue weighted by Crippen LogP contribution is -2.45. The normalized spacial score (nSPS) is 18.2. The standard InChI is InChI=1S/C23H24N2O5/c1-4-20(27)30-21-23(2,19(26)14-17-11-8-12-18(13-17)29-3)22(28)25(24-21)15-16-9-6-5-7-10-16/h5-13H,4,14-15H2,1-3H3. The van der Waals surface area contributed by atoms with Gasteiger partial charge in [0.2, 0.25) is 5.90 Å². The number of amides is 1. The number of carbonyl (C=O) groups excluding carboxylic acids is 3. The summed E-state index contributed by atoms with van der Waals surface area (Å²) in [5, 5.41) is 5.41. The molecule has 0 saturated carbocycles. The van der Waals surface area contributed by atoms with Crippen molar-refractivity contribution in [1.82, 2.24) is 5.01 Å². The first-order valence-corrected chi connectivity index (χ1v) is 9.70. The number of nitrogens with zero attached hydrogens (tertiary/aromatic N) is 2. The van der Waals surface area contributed by atoms with Crippen LogP contribution >= 0.6 is 0 Å². The molecule has 0 spiro atoms. The lowest BCUT2D eigenvalue weighted by Gasteiger charge is -2.22. The molecule has 1 unspecified atom stereocenters. The number of hydrogen-bond donors (Lipinski definition) is 0. The van der Waals surface area contributed by atoms with Crippen molar-refractivity contribution in [2.24, 2.45) is 10.5 Å². The maximum atomic E-state index is 13.3. The quantitative estimate of drug-likeness (QED) is 0.519. The molecule has 0 fully saturated rings. The average Bonchev–Trinajstić information content (AvgIpc) is 3.00. The Bertz CT molecular complexity index is 986. The van der Waals surface area contributed by atoms with E-state index in [1.54, 1.807) is 38.3 Å². The summed E-state index contributed by atoms with van der Waals surface area (Å²) in [4.78, 5) is 38.4. The van der Waals surface area contributed by atoms with Gasteiger partial charge in [0.25, 0.3) is 5.91 Å². The number of carbonyl (C=O) groups is 3. The van der Waals surface area contributed by atoms with Crippen LogP contribution < -0.4 is 4.74 Å². The fourth-order valence-corrected chi connectivity index (χ4v) is 3.15. The molecule has 0 N–H and O–H groups in total. The van der Waals surface area contributed by atoms with Gasteiger partial charge in [0, 0.05) is 12.8 Å². The molecule has 0 radical (unpaired) electrons. The van der Waals surface area contributed by atoms with E-state index in [-0.39, 0.29) is 25.3 Å². The summed E-state index contributed by atoms with van der Waals surface area (Å²) in [6, 6.07) is 16.3. The topological polar surface area (TPSA) is 85.3 Å². The predicted octanol–water partition coefficient (Wildman–Crippen LogP) is 3.12. The van der Waals surface area contributed by atoms with Crippen LogP contribution in [-0.4, -0.2) is 35.7 Å². The van der Waals surface area contributed by atoms with Gasteiger partial charge in [0.05, 0.1) is 13.7 Å². The van der Waals surface area contributed by atoms with E-state index in [2.05, 4.69) is 5.10 Å². The van der Waals surface area contributed by atoms with Crippen LogP contribution in [0.4, 0.5) is 0 Å². The van der Waals surface area contributed by atoms with Gasteiger partial charge in [-0.05, 0) is 30.2 Å². The lowest BCUT2D eigenvalue weighted by molar-refractivity contribution is -0.143. The van der Waals surface area contributed by atoms with Crippen LogP contribution in [0.3, 0.4) is 0 Å². The zero-order valence-corrected chi connectivity index (χ0v) is 17.3. The van der Waals surface area contributed by atoms with Gasteiger partial charge in [0.15, 0.2) is 11.2 Å². The van der Waals surface area contributed by atoms with Gasteiger partial charge in [-0.25, -0.2) is 5.01 Å². The Balaban J connectivity index is 1.89. The van der Waals surface area contributed by atoms with Crippen LogP contribution in [0.15, 0.2) is 59.7 Å². The summed E-state index contributed by atoms with van der Waals surface area (Å²) in [7, 11) is 1.54. The number of benzene rings is 2. The van der Waals surface area contributed by atoms with Crippen molar-refractivity contribution in [3.8, 4) is 5.75 Å². The summed E-state index contributed by atoms with van der Waals surface area (Å²) < 4.78 is 10.5. The highest BCUT2D eigenvalue weighted by Crippen LogP contribution is 2.33. The zero-order valence-electron chi connectivity index (χ0n) is 17.3. The molecule has 0 aliphatic carbocycles. The maximum absolute atomic E-state index is 13.3. The van der Waals surface area contributed by atoms with Crippen molar-refractivity contribution in [1.29, 1.82) is 0 Å². The van der Waals surface area contributed by atoms with Crippen LogP contribution in [0.1, 0.15) is 31.4 Å². The molecule has 7 nitrogen and oxygen atoms in total. The minimum atomic E-state index is -1.68. The third-order valence-electron chi connectivity index (χ3n) is 5.03. The molecular formula is C23H24N2O5. The Hall–Kier alpha value is -3.48. The lowest BCUT2D eigenvalue weighted by atomic mass is 9.82. The third kappa shape index (κ3) is 4.25. The second-order valence-corrected chi connectivity index (χ2v) is 7.16. The summed E-state index contributed by atoms with van der Waals surface area (Å²) in [5.74, 6) is -1.04. The zero-order chi connectivity index (χ0) is 21.7. The van der Waals surface area contributed by atoms with Gasteiger partial charge in [0.1, 0.15) is 5.75 Å². The SMILES string of the molecule is CCC(=O)OC1=NN(Cc2ccccc2)C(=O)C1(C)C(=O)Cc1cccc(OC)c1. The minimum absolute atomic E-state index is 0.0265. The molecule has 1 aliphatic heterocycles. The van der Waals surface area contributed by atoms with Crippen LogP contribution in [0.25, 0.3) is 0 Å². The molecule has 1 aliphatic rings. The molecule has 1 atom stereocenters. The maximum Gasteiger partial charge on any atom is 0.312 e. The monoisotopic (exact) mass is 408 g/mol. The molecule has 0 bridgehead atoms. The summed E-state index contributed by atoms with van der Waals surface area (Å²) >= 11 is 0. The molecule has 0 aromatic heterocycles. The number of ether oxygens (including phenoxy) is 2. The van der Waals surface area contributed by atoms with E-state index in [9.17, 15) is 14.4 Å². The van der Waals surface area contributed by atoms with E-state index in [4.69, 9.17) is 9.47 Å². The molecule has 30 heavy (non-hydrogen) atoms. The van der Waals surface area contributed by atoms with E-state index in [1.807, 2.05) is 30.3 Å². The van der Waals surface area contributed by atoms with Crippen molar-refractivity contribution >= 4 is 23.6 Å². The number of hydrogen-bond acceptors (Lipinski definition) is 6. The highest BCUT2D eigenvalue weighted by atomic mass is 16.5. The second-order valence-electron chi connectivity index (χ2n) is 7.16. The molecule has 1 amide bonds. The van der Waals surface area contributed by atoms with Crippen molar-refractivity contribution < 1.29 is 23.9 Å². The second kappa shape index (κ2) is 8.90. The first-order valence-electron chi connectivity index (χ1n) is 9.70. The highest BCUT2D eigenvalue weighted by Gasteiger charge is 2.54. The van der Waals surface area contributed by atoms with E-state index in [0.29, 0.717) is 11.3 Å². The van der Waals surface area contributed by atoms with Crippen LogP contribution in [0, 0.1) is 5.41 Å². The number of esters is 1. The number of rotatable bonds is 7. The Morgan fingerprint density at radius 1 is 1.07 bits per heavy atom. The van der Waals surface area contributed by atoms with Gasteiger partial charge in [-0.2, -0.15) is 0 Å². The number of ketones is 1. The molecule has 2 aromatic carbocycles. The minimum Gasteiger partial charge on any atom is -0.497 e. The average molecular weight is 408 g/mol. The van der Waals surface area contributed by atoms with Gasteiger partial charge < -0.3 is 9.47 Å². The molecule has 7 heteroatoms. The number of methoxy groups -OCH3 is 1.